The molecule has 0 spiro atoms. The number of rotatable bonds is 3. The zero-order valence-electron chi connectivity index (χ0n) is 13.8. The van der Waals surface area contributed by atoms with E-state index in [0.717, 1.165) is 44.4 Å². The van der Waals surface area contributed by atoms with Gasteiger partial charge in [0, 0.05) is 25.7 Å². The predicted octanol–water partition coefficient (Wildman–Crippen LogP) is 2.64. The molecule has 1 heterocycles. The number of likely N-dealkylation sites (tertiary alicyclic amines) is 1. The van der Waals surface area contributed by atoms with Crippen LogP contribution in [0.5, 0.6) is 0 Å². The molecule has 2 fully saturated rings. The summed E-state index contributed by atoms with van der Waals surface area (Å²) in [6.07, 6.45) is 3.88. The van der Waals surface area contributed by atoms with E-state index in [4.69, 9.17) is 4.74 Å². The lowest BCUT2D eigenvalue weighted by Crippen LogP contribution is -2.48. The van der Waals surface area contributed by atoms with Crippen molar-refractivity contribution >= 4 is 5.96 Å². The van der Waals surface area contributed by atoms with Crippen molar-refractivity contribution < 1.29 is 4.74 Å². The molecule has 20 heavy (non-hydrogen) atoms. The Morgan fingerprint density at radius 2 is 1.90 bits per heavy atom. The van der Waals surface area contributed by atoms with Gasteiger partial charge in [0.15, 0.2) is 5.96 Å². The van der Waals surface area contributed by atoms with E-state index in [9.17, 15) is 0 Å². The summed E-state index contributed by atoms with van der Waals surface area (Å²) in [4.78, 5) is 7.05. The van der Waals surface area contributed by atoms with Gasteiger partial charge < -0.3 is 15.0 Å². The Balaban J connectivity index is 1.82. The average molecular weight is 281 g/mol. The Morgan fingerprint density at radius 1 is 1.30 bits per heavy atom. The first-order valence-corrected chi connectivity index (χ1v) is 8.13. The summed E-state index contributed by atoms with van der Waals surface area (Å²) in [5, 5.41) is 3.61. The van der Waals surface area contributed by atoms with Gasteiger partial charge in [0.05, 0.1) is 11.7 Å². The standard InChI is InChI=1S/C16H31N3O/c1-6-17-15(18-14-11-12(14)2)19-9-7-13(8-10-19)20-16(3,4)5/h12-14H,6-11H2,1-5H3,(H,17,18). The smallest absolute Gasteiger partial charge is 0.194 e. The first kappa shape index (κ1) is 15.6. The Morgan fingerprint density at radius 3 is 2.35 bits per heavy atom. The number of piperidine rings is 1. The molecule has 2 aliphatic rings. The first-order valence-electron chi connectivity index (χ1n) is 8.13. The third kappa shape index (κ3) is 4.65. The van der Waals surface area contributed by atoms with Crippen LogP contribution in [0.1, 0.15) is 53.9 Å². The van der Waals surface area contributed by atoms with E-state index in [1.165, 1.54) is 6.42 Å². The Hall–Kier alpha value is -0.770. The predicted molar refractivity (Wildman–Crippen MR) is 84.1 cm³/mol. The van der Waals surface area contributed by atoms with Crippen molar-refractivity contribution in [3.05, 3.63) is 0 Å². The van der Waals surface area contributed by atoms with Crippen LogP contribution in [0.25, 0.3) is 0 Å². The van der Waals surface area contributed by atoms with Gasteiger partial charge in [0.25, 0.3) is 0 Å². The second-order valence-corrected chi connectivity index (χ2v) is 7.18. The summed E-state index contributed by atoms with van der Waals surface area (Å²) >= 11 is 0. The Kier molecular flexibility index (Phi) is 4.95. The monoisotopic (exact) mass is 281 g/mol. The molecule has 0 aromatic rings. The highest BCUT2D eigenvalue weighted by Crippen LogP contribution is 2.29. The molecular formula is C16H31N3O. The summed E-state index contributed by atoms with van der Waals surface area (Å²) in [6.45, 7) is 13.8. The van der Waals surface area contributed by atoms with E-state index in [0.29, 0.717) is 12.1 Å². The van der Waals surface area contributed by atoms with Crippen LogP contribution in [0.3, 0.4) is 0 Å². The lowest BCUT2D eigenvalue weighted by Gasteiger charge is -2.37. The van der Waals surface area contributed by atoms with Gasteiger partial charge in [-0.15, -0.1) is 0 Å². The van der Waals surface area contributed by atoms with Crippen molar-refractivity contribution in [2.24, 2.45) is 10.9 Å². The molecule has 0 bridgehead atoms. The number of nitrogens with zero attached hydrogens (tertiary/aromatic N) is 2. The number of guanidine groups is 1. The Bertz CT molecular complexity index is 340. The first-order chi connectivity index (χ1) is 9.39. The molecule has 0 amide bonds. The largest absolute Gasteiger partial charge is 0.372 e. The van der Waals surface area contributed by atoms with Crippen LogP contribution in [0.2, 0.25) is 0 Å². The number of hydrogen-bond acceptors (Lipinski definition) is 2. The summed E-state index contributed by atoms with van der Waals surface area (Å²) < 4.78 is 6.09. The van der Waals surface area contributed by atoms with E-state index in [1.807, 2.05) is 0 Å². The van der Waals surface area contributed by atoms with Crippen molar-refractivity contribution in [3.8, 4) is 0 Å². The van der Waals surface area contributed by atoms with Gasteiger partial charge >= 0.3 is 0 Å². The molecule has 4 heteroatoms. The zero-order chi connectivity index (χ0) is 14.8. The van der Waals surface area contributed by atoms with Crippen LogP contribution in [0.4, 0.5) is 0 Å². The third-order valence-electron chi connectivity index (χ3n) is 3.99. The topological polar surface area (TPSA) is 36.9 Å². The highest BCUT2D eigenvalue weighted by molar-refractivity contribution is 5.80. The quantitative estimate of drug-likeness (QED) is 0.638. The third-order valence-corrected chi connectivity index (χ3v) is 3.99. The molecule has 1 aliphatic heterocycles. The molecule has 1 saturated heterocycles. The molecule has 2 atom stereocenters. The molecule has 1 aliphatic carbocycles. The average Bonchev–Trinajstić information content (AvgIpc) is 3.03. The molecule has 2 rings (SSSR count). The van der Waals surface area contributed by atoms with Gasteiger partial charge in [-0.1, -0.05) is 6.92 Å². The van der Waals surface area contributed by atoms with E-state index in [2.05, 4.69) is 49.8 Å². The van der Waals surface area contributed by atoms with E-state index >= 15 is 0 Å². The van der Waals surface area contributed by atoms with Gasteiger partial charge in [-0.05, 0) is 52.9 Å². The number of ether oxygens (including phenoxy) is 1. The fourth-order valence-electron chi connectivity index (χ4n) is 2.76. The molecule has 0 aromatic carbocycles. The number of nitrogens with one attached hydrogen (secondary N) is 1. The second kappa shape index (κ2) is 6.33. The zero-order valence-corrected chi connectivity index (χ0v) is 13.8. The van der Waals surface area contributed by atoms with Crippen LogP contribution < -0.4 is 5.32 Å². The summed E-state index contributed by atoms with van der Waals surface area (Å²) in [7, 11) is 0. The van der Waals surface area contributed by atoms with Crippen molar-refractivity contribution in [2.45, 2.75) is 71.6 Å². The minimum absolute atomic E-state index is 0.0329. The fraction of sp³-hybridized carbons (Fsp3) is 0.938. The van der Waals surface area contributed by atoms with E-state index in [1.54, 1.807) is 0 Å². The van der Waals surface area contributed by atoms with Gasteiger partial charge in [-0.25, -0.2) is 0 Å². The number of aliphatic imine (C=N–C) groups is 1. The maximum atomic E-state index is 6.09. The molecule has 0 aromatic heterocycles. The van der Waals surface area contributed by atoms with Crippen LogP contribution >= 0.6 is 0 Å². The van der Waals surface area contributed by atoms with E-state index < -0.39 is 0 Å². The lowest BCUT2D eigenvalue weighted by molar-refractivity contribution is -0.0772. The number of hydrogen-bond donors (Lipinski definition) is 1. The van der Waals surface area contributed by atoms with Crippen molar-refractivity contribution in [1.29, 1.82) is 0 Å². The van der Waals surface area contributed by atoms with Crippen molar-refractivity contribution in [2.75, 3.05) is 19.6 Å². The second-order valence-electron chi connectivity index (χ2n) is 7.18. The molecule has 4 nitrogen and oxygen atoms in total. The van der Waals surface area contributed by atoms with Crippen LogP contribution in [0.15, 0.2) is 4.99 Å². The highest BCUT2D eigenvalue weighted by Gasteiger charge is 2.35. The normalized spacial score (nSPS) is 28.6. The Labute approximate surface area is 124 Å². The molecule has 1 N–H and O–H groups in total. The van der Waals surface area contributed by atoms with Gasteiger partial charge in [0.2, 0.25) is 0 Å². The SMILES string of the molecule is CCN=C(NC1CC1C)N1CCC(OC(C)(C)C)CC1. The van der Waals surface area contributed by atoms with Crippen LogP contribution in [0, 0.1) is 5.92 Å². The molecular weight excluding hydrogens is 250 g/mol. The maximum absolute atomic E-state index is 6.09. The summed E-state index contributed by atoms with van der Waals surface area (Å²) in [5.41, 5.74) is -0.0329. The minimum Gasteiger partial charge on any atom is -0.372 e. The lowest BCUT2D eigenvalue weighted by atomic mass is 10.1. The molecule has 1 saturated carbocycles. The molecule has 0 radical (unpaired) electrons. The molecule has 2 unspecified atom stereocenters. The fourth-order valence-corrected chi connectivity index (χ4v) is 2.76. The van der Waals surface area contributed by atoms with Gasteiger partial charge in [-0.3, -0.25) is 4.99 Å². The van der Waals surface area contributed by atoms with Crippen molar-refractivity contribution in [3.63, 3.8) is 0 Å². The summed E-state index contributed by atoms with van der Waals surface area (Å²) in [5.74, 6) is 1.91. The van der Waals surface area contributed by atoms with Gasteiger partial charge in [0.1, 0.15) is 0 Å². The van der Waals surface area contributed by atoms with Crippen LogP contribution in [-0.4, -0.2) is 48.2 Å². The van der Waals surface area contributed by atoms with Crippen molar-refractivity contribution in [1.82, 2.24) is 10.2 Å². The molecule has 116 valence electrons. The summed E-state index contributed by atoms with van der Waals surface area (Å²) in [6, 6.07) is 0.642. The van der Waals surface area contributed by atoms with E-state index in [-0.39, 0.29) is 5.60 Å². The highest BCUT2D eigenvalue weighted by atomic mass is 16.5. The minimum atomic E-state index is -0.0329. The van der Waals surface area contributed by atoms with Gasteiger partial charge in [-0.2, -0.15) is 0 Å². The maximum Gasteiger partial charge on any atom is 0.194 e. The van der Waals surface area contributed by atoms with Crippen LogP contribution in [-0.2, 0) is 4.74 Å².